The van der Waals surface area contributed by atoms with Crippen molar-refractivity contribution in [2.45, 2.75) is 0 Å². The molecule has 0 radical (unpaired) electrons. The third-order valence-corrected chi connectivity index (χ3v) is 6.75. The maximum Gasteiger partial charge on any atom is 0.0527 e. The second kappa shape index (κ2) is 4.94. The Kier molecular flexibility index (Phi) is 2.94. The van der Waals surface area contributed by atoms with Crippen molar-refractivity contribution in [3.63, 3.8) is 0 Å². The van der Waals surface area contributed by atoms with E-state index in [1.165, 1.54) is 31.9 Å². The average molecular weight is 284 g/mol. The molecule has 21 heavy (non-hydrogen) atoms. The summed E-state index contributed by atoms with van der Waals surface area (Å²) in [7, 11) is -0.667. The van der Waals surface area contributed by atoms with Crippen molar-refractivity contribution < 1.29 is 0 Å². The van der Waals surface area contributed by atoms with E-state index in [-0.39, 0.29) is 0 Å². The molecule has 0 atom stereocenters. The van der Waals surface area contributed by atoms with Crippen LogP contribution in [0.25, 0.3) is 31.9 Å². The highest BCUT2D eigenvalue weighted by molar-refractivity contribution is 6.74. The first-order valence-electron chi connectivity index (χ1n) is 7.32. The number of benzene rings is 3. The highest BCUT2D eigenvalue weighted by atomic mass is 28.2. The normalized spacial score (nSPS) is 11.1. The quantitative estimate of drug-likeness (QED) is 0.332. The van der Waals surface area contributed by atoms with Crippen LogP contribution in [0.3, 0.4) is 0 Å². The topological polar surface area (TPSA) is 0 Å². The Morgan fingerprint density at radius 2 is 1.05 bits per heavy atom. The molecule has 0 aliphatic heterocycles. The number of rotatable bonds is 1. The lowest BCUT2D eigenvalue weighted by molar-refractivity contribution is 1.68. The van der Waals surface area contributed by atoms with Gasteiger partial charge in [-0.15, -0.1) is 0 Å². The molecule has 0 unspecified atom stereocenters. The summed E-state index contributed by atoms with van der Waals surface area (Å²) >= 11 is 0. The summed E-state index contributed by atoms with van der Waals surface area (Å²) in [6.45, 7) is 2.41. The number of fused-ring (bicyclic) bond motifs is 2. The summed E-state index contributed by atoms with van der Waals surface area (Å²) in [5.74, 6) is 0. The molecule has 0 fully saturated rings. The molecule has 1 aromatic heterocycles. The van der Waals surface area contributed by atoms with Gasteiger partial charge >= 0.3 is 0 Å². The summed E-state index contributed by atoms with van der Waals surface area (Å²) in [6.07, 6.45) is 0. The third-order valence-electron chi connectivity index (χ3n) is 4.26. The van der Waals surface area contributed by atoms with Gasteiger partial charge in [-0.25, -0.2) is 0 Å². The highest BCUT2D eigenvalue weighted by Gasteiger charge is 2.12. The largest absolute Gasteiger partial charge is 0.0622 e. The van der Waals surface area contributed by atoms with Crippen molar-refractivity contribution in [1.82, 2.24) is 0 Å². The Labute approximate surface area is 126 Å². The molecule has 0 aliphatic rings. The van der Waals surface area contributed by atoms with Crippen LogP contribution in [0.2, 0.25) is 0 Å². The van der Waals surface area contributed by atoms with E-state index in [1.54, 1.807) is 0 Å². The molecule has 3 aromatic carbocycles. The summed E-state index contributed by atoms with van der Waals surface area (Å²) in [5, 5.41) is 2.83. The zero-order valence-electron chi connectivity index (χ0n) is 12.0. The first-order valence-corrected chi connectivity index (χ1v) is 9.32. The summed E-state index contributed by atoms with van der Waals surface area (Å²) in [5.41, 5.74) is 2.70. The molecule has 4 rings (SSSR count). The van der Waals surface area contributed by atoms with Gasteiger partial charge in [0.2, 0.25) is 0 Å². The second-order valence-corrected chi connectivity index (χ2v) is 7.78. The standard InChI is InChI=1S/C20H16Si/c1-21-18-13-7-5-11-16(18)20(15-9-3-2-4-10-15)17-12-6-8-14-19(17)21/h2-14H,1H3. The van der Waals surface area contributed by atoms with E-state index >= 15 is 0 Å². The first-order chi connectivity index (χ1) is 10.4. The van der Waals surface area contributed by atoms with Crippen LogP contribution in [0, 0.1) is 0 Å². The zero-order valence-corrected chi connectivity index (χ0v) is 13.0. The minimum atomic E-state index is -0.667. The minimum Gasteiger partial charge on any atom is -0.0622 e. The van der Waals surface area contributed by atoms with Crippen molar-refractivity contribution in [1.29, 1.82) is 0 Å². The molecular weight excluding hydrogens is 268 g/mol. The van der Waals surface area contributed by atoms with Crippen molar-refractivity contribution >= 4 is 29.2 Å². The van der Waals surface area contributed by atoms with Crippen molar-refractivity contribution in [2.24, 2.45) is 6.55 Å². The molecule has 1 heteroatoms. The molecule has 0 saturated carbocycles. The summed E-state index contributed by atoms with van der Waals surface area (Å²) in [6, 6.07) is 28.6. The fourth-order valence-electron chi connectivity index (χ4n) is 3.26. The van der Waals surface area contributed by atoms with Gasteiger partial charge in [0.05, 0.1) is 8.40 Å². The van der Waals surface area contributed by atoms with Gasteiger partial charge in [0.15, 0.2) is 0 Å². The third kappa shape index (κ3) is 1.93. The monoisotopic (exact) mass is 284 g/mol. The van der Waals surface area contributed by atoms with E-state index in [0.717, 1.165) is 0 Å². The van der Waals surface area contributed by atoms with Crippen LogP contribution in [0.1, 0.15) is 0 Å². The molecule has 0 spiro atoms. The SMILES string of the molecule is C[si]1c2ccccc2c(-c2ccccc2)c2ccccc21. The minimum absolute atomic E-state index is 0.667. The lowest BCUT2D eigenvalue weighted by Gasteiger charge is -2.14. The van der Waals surface area contributed by atoms with Crippen LogP contribution in [0.4, 0.5) is 0 Å². The maximum absolute atomic E-state index is 2.41. The van der Waals surface area contributed by atoms with Gasteiger partial charge in [0.1, 0.15) is 0 Å². The van der Waals surface area contributed by atoms with Crippen molar-refractivity contribution in [2.75, 3.05) is 0 Å². The van der Waals surface area contributed by atoms with Gasteiger partial charge in [0, 0.05) is 0 Å². The molecule has 0 aliphatic carbocycles. The fourth-order valence-corrected chi connectivity index (χ4v) is 5.47. The summed E-state index contributed by atoms with van der Waals surface area (Å²) in [4.78, 5) is 3.06. The van der Waals surface area contributed by atoms with Crippen molar-refractivity contribution in [3.8, 4) is 11.1 Å². The van der Waals surface area contributed by atoms with Gasteiger partial charge in [0.25, 0.3) is 0 Å². The summed E-state index contributed by atoms with van der Waals surface area (Å²) < 4.78 is 0. The van der Waals surface area contributed by atoms with Gasteiger partial charge in [-0.2, -0.15) is 0 Å². The second-order valence-electron chi connectivity index (χ2n) is 5.46. The van der Waals surface area contributed by atoms with Crippen LogP contribution >= 0.6 is 0 Å². The first kappa shape index (κ1) is 12.5. The van der Waals surface area contributed by atoms with Gasteiger partial charge in [-0.3, -0.25) is 0 Å². The van der Waals surface area contributed by atoms with Gasteiger partial charge in [-0.05, 0) is 31.9 Å². The molecule has 0 N–H and O–H groups in total. The molecule has 1 heterocycles. The van der Waals surface area contributed by atoms with Crippen molar-refractivity contribution in [3.05, 3.63) is 78.9 Å². The van der Waals surface area contributed by atoms with E-state index < -0.39 is 8.40 Å². The van der Waals surface area contributed by atoms with Crippen LogP contribution in [0.15, 0.2) is 78.9 Å². The molecule has 0 saturated heterocycles. The smallest absolute Gasteiger partial charge is 0.0527 e. The van der Waals surface area contributed by atoms with Crippen LogP contribution in [0.5, 0.6) is 0 Å². The Hall–Kier alpha value is -2.25. The highest BCUT2D eigenvalue weighted by Crippen LogP contribution is 2.35. The molecule has 0 amide bonds. The van der Waals surface area contributed by atoms with Gasteiger partial charge in [-0.1, -0.05) is 85.4 Å². The number of aryl methyl sites for hydroxylation is 1. The molecule has 0 bridgehead atoms. The predicted molar refractivity (Wildman–Crippen MR) is 93.8 cm³/mol. The number of hydrogen-bond acceptors (Lipinski definition) is 0. The van der Waals surface area contributed by atoms with Crippen LogP contribution in [-0.4, -0.2) is 8.40 Å². The van der Waals surface area contributed by atoms with E-state index in [2.05, 4.69) is 85.4 Å². The number of hydrogen-bond donors (Lipinski definition) is 0. The Balaban J connectivity index is 2.28. The van der Waals surface area contributed by atoms with E-state index in [1.807, 2.05) is 0 Å². The van der Waals surface area contributed by atoms with E-state index in [4.69, 9.17) is 0 Å². The van der Waals surface area contributed by atoms with Crippen LogP contribution in [-0.2, 0) is 6.55 Å². The fraction of sp³-hybridized carbons (Fsp3) is 0.0500. The lowest BCUT2D eigenvalue weighted by Crippen LogP contribution is -1.99. The van der Waals surface area contributed by atoms with Crippen LogP contribution < -0.4 is 0 Å². The molecular formula is C20H16Si. The Bertz CT molecular complexity index is 883. The Morgan fingerprint density at radius 1 is 0.571 bits per heavy atom. The molecule has 100 valence electrons. The lowest BCUT2D eigenvalue weighted by atomic mass is 9.98. The maximum atomic E-state index is 2.41. The average Bonchev–Trinajstić information content (AvgIpc) is 2.56. The Morgan fingerprint density at radius 3 is 1.62 bits per heavy atom. The predicted octanol–water partition coefficient (Wildman–Crippen LogP) is 5.22. The molecule has 0 nitrogen and oxygen atoms in total. The van der Waals surface area contributed by atoms with Gasteiger partial charge < -0.3 is 0 Å². The van der Waals surface area contributed by atoms with E-state index in [0.29, 0.717) is 0 Å². The van der Waals surface area contributed by atoms with E-state index in [9.17, 15) is 0 Å². The zero-order chi connectivity index (χ0) is 14.2. The molecule has 4 aromatic rings.